The van der Waals surface area contributed by atoms with Crippen molar-refractivity contribution < 1.29 is 40.3 Å². The Bertz CT molecular complexity index is 1090. The predicted molar refractivity (Wildman–Crippen MR) is 130 cm³/mol. The van der Waals surface area contributed by atoms with Crippen LogP contribution in [0.4, 0.5) is 30.7 Å². The number of hydrogen-bond donors (Lipinski definition) is 1. The highest BCUT2D eigenvalue weighted by atomic mass is 19.4. The van der Waals surface area contributed by atoms with E-state index in [4.69, 9.17) is 10.5 Å². The minimum atomic E-state index is -4.91. The summed E-state index contributed by atoms with van der Waals surface area (Å²) < 4.78 is 99.0. The molecule has 2 aromatic rings. The van der Waals surface area contributed by atoms with E-state index in [-0.39, 0.29) is 60.2 Å². The molecule has 2 aromatic carbocycles. The molecule has 1 heterocycles. The Morgan fingerprint density at radius 3 is 2.03 bits per heavy atom. The number of ether oxygens (including phenoxy) is 1. The first-order valence-corrected chi connectivity index (χ1v) is 13.0. The lowest BCUT2D eigenvalue weighted by molar-refractivity contribution is -0.143. The van der Waals surface area contributed by atoms with E-state index >= 15 is 0 Å². The van der Waals surface area contributed by atoms with Gasteiger partial charge in [-0.1, -0.05) is 12.1 Å². The second kappa shape index (κ2) is 11.8. The van der Waals surface area contributed by atoms with Crippen LogP contribution in [0.25, 0.3) is 0 Å². The molecule has 0 bridgehead atoms. The maximum atomic E-state index is 13.6. The lowest BCUT2D eigenvalue weighted by Crippen LogP contribution is -2.41. The van der Waals surface area contributed by atoms with Gasteiger partial charge in [-0.25, -0.2) is 4.39 Å². The molecule has 2 fully saturated rings. The van der Waals surface area contributed by atoms with Gasteiger partial charge in [0.1, 0.15) is 5.82 Å². The number of piperidine rings is 1. The molecule has 2 N–H and O–H groups in total. The Morgan fingerprint density at radius 1 is 0.897 bits per heavy atom. The summed E-state index contributed by atoms with van der Waals surface area (Å²) in [6.45, 7) is 2.12. The summed E-state index contributed by atoms with van der Waals surface area (Å²) in [5, 5.41) is 0. The molecule has 1 aliphatic carbocycles. The summed E-state index contributed by atoms with van der Waals surface area (Å²) >= 11 is 0. The van der Waals surface area contributed by atoms with E-state index in [2.05, 4.69) is 4.90 Å². The average Bonchev–Trinajstić information content (AvgIpc) is 3.25. The highest BCUT2D eigenvalue weighted by Gasteiger charge is 2.40. The zero-order chi connectivity index (χ0) is 28.4. The first kappa shape index (κ1) is 29.3. The highest BCUT2D eigenvalue weighted by molar-refractivity contribution is 5.76. The molecule has 11 heteroatoms. The largest absolute Gasteiger partial charge is 0.416 e. The average molecular weight is 561 g/mol. The molecule has 39 heavy (non-hydrogen) atoms. The van der Waals surface area contributed by atoms with Crippen LogP contribution >= 0.6 is 0 Å². The number of rotatable bonds is 8. The van der Waals surface area contributed by atoms with E-state index in [1.165, 1.54) is 12.1 Å². The van der Waals surface area contributed by atoms with Crippen molar-refractivity contribution >= 4 is 5.91 Å². The third kappa shape index (κ3) is 7.51. The van der Waals surface area contributed by atoms with E-state index in [9.17, 15) is 35.5 Å². The Kier molecular flexibility index (Phi) is 8.90. The lowest BCUT2D eigenvalue weighted by Gasteiger charge is -2.34. The van der Waals surface area contributed by atoms with Gasteiger partial charge in [0.15, 0.2) is 0 Å². The first-order chi connectivity index (χ1) is 18.3. The standard InChI is InChI=1S/C28H31F7N2O2/c29-23-4-1-18(2-5-23)25-20(16-37-10-7-19(8-11-37)26(36)38)3-6-24(25)39-12-9-17-13-21(27(30,31)32)15-22(14-17)28(33,34)35/h1-2,4-5,13-15,19-20,24-25H,3,6-12,16H2,(H2,36,38)/t20-,24-,25-/m0/s1. The van der Waals surface area contributed by atoms with E-state index in [1.54, 1.807) is 12.1 Å². The summed E-state index contributed by atoms with van der Waals surface area (Å²) in [4.78, 5) is 13.8. The normalized spacial score (nSPS) is 23.3. The number of hydrogen-bond acceptors (Lipinski definition) is 3. The number of halogens is 7. The number of carbonyl (C=O) groups excluding carboxylic acids is 1. The van der Waals surface area contributed by atoms with Crippen molar-refractivity contribution in [3.05, 3.63) is 70.5 Å². The Labute approximate surface area is 222 Å². The fourth-order valence-electron chi connectivity index (χ4n) is 5.83. The van der Waals surface area contributed by atoms with Gasteiger partial charge in [0.2, 0.25) is 5.91 Å². The van der Waals surface area contributed by atoms with Crippen molar-refractivity contribution in [2.24, 2.45) is 17.6 Å². The molecule has 4 nitrogen and oxygen atoms in total. The predicted octanol–water partition coefficient (Wildman–Crippen LogP) is 6.18. The van der Waals surface area contributed by atoms with Crippen molar-refractivity contribution in [2.75, 3.05) is 26.2 Å². The fraction of sp³-hybridized carbons (Fsp3) is 0.536. The number of nitrogens with two attached hydrogens (primary N) is 1. The van der Waals surface area contributed by atoms with Gasteiger partial charge < -0.3 is 15.4 Å². The minimum absolute atomic E-state index is 0.0578. The molecule has 1 saturated carbocycles. The summed E-state index contributed by atoms with van der Waals surface area (Å²) in [6.07, 6.45) is -7.45. The van der Waals surface area contributed by atoms with Gasteiger partial charge in [0, 0.05) is 18.4 Å². The molecule has 1 aliphatic heterocycles. The molecule has 4 rings (SSSR count). The van der Waals surface area contributed by atoms with E-state index in [0.717, 1.165) is 43.8 Å². The molecular formula is C28H31F7N2O2. The minimum Gasteiger partial charge on any atom is -0.377 e. The Hall–Kier alpha value is -2.66. The van der Waals surface area contributed by atoms with Crippen LogP contribution in [0.5, 0.6) is 0 Å². The molecule has 214 valence electrons. The first-order valence-electron chi connectivity index (χ1n) is 13.0. The summed E-state index contributed by atoms with van der Waals surface area (Å²) in [5.74, 6) is -0.786. The second-order valence-corrected chi connectivity index (χ2v) is 10.5. The maximum Gasteiger partial charge on any atom is 0.416 e. The van der Waals surface area contributed by atoms with Crippen molar-refractivity contribution in [3.8, 4) is 0 Å². The molecule has 0 radical (unpaired) electrons. The molecule has 0 unspecified atom stereocenters. The van der Waals surface area contributed by atoms with Crippen LogP contribution in [0.1, 0.15) is 53.9 Å². The van der Waals surface area contributed by atoms with E-state index in [0.29, 0.717) is 19.3 Å². The number of amides is 1. The van der Waals surface area contributed by atoms with Crippen LogP contribution in [-0.2, 0) is 28.3 Å². The van der Waals surface area contributed by atoms with Gasteiger partial charge in [-0.15, -0.1) is 0 Å². The Balaban J connectivity index is 1.45. The van der Waals surface area contributed by atoms with Gasteiger partial charge in [-0.3, -0.25) is 4.79 Å². The summed E-state index contributed by atoms with van der Waals surface area (Å²) in [6, 6.07) is 7.67. The van der Waals surface area contributed by atoms with Crippen LogP contribution in [-0.4, -0.2) is 43.2 Å². The van der Waals surface area contributed by atoms with Crippen LogP contribution in [0, 0.1) is 17.7 Å². The van der Waals surface area contributed by atoms with E-state index in [1.807, 2.05) is 0 Å². The summed E-state index contributed by atoms with van der Waals surface area (Å²) in [7, 11) is 0. The summed E-state index contributed by atoms with van der Waals surface area (Å²) in [5.41, 5.74) is 3.50. The van der Waals surface area contributed by atoms with Gasteiger partial charge in [-0.2, -0.15) is 26.3 Å². The van der Waals surface area contributed by atoms with Crippen molar-refractivity contribution in [2.45, 2.75) is 56.5 Å². The van der Waals surface area contributed by atoms with Crippen molar-refractivity contribution in [3.63, 3.8) is 0 Å². The number of primary amides is 1. The van der Waals surface area contributed by atoms with Gasteiger partial charge in [0.25, 0.3) is 0 Å². The molecule has 1 saturated heterocycles. The third-order valence-electron chi connectivity index (χ3n) is 7.84. The van der Waals surface area contributed by atoms with Crippen LogP contribution < -0.4 is 5.73 Å². The monoisotopic (exact) mass is 560 g/mol. The smallest absolute Gasteiger partial charge is 0.377 e. The number of benzene rings is 2. The molecule has 2 aliphatic rings. The molecule has 1 amide bonds. The third-order valence-corrected chi connectivity index (χ3v) is 7.84. The zero-order valence-corrected chi connectivity index (χ0v) is 21.2. The maximum absolute atomic E-state index is 13.6. The van der Waals surface area contributed by atoms with Crippen molar-refractivity contribution in [1.82, 2.24) is 4.90 Å². The quantitative estimate of drug-likeness (QED) is 0.393. The van der Waals surface area contributed by atoms with Crippen molar-refractivity contribution in [1.29, 1.82) is 0 Å². The molecule has 0 aromatic heterocycles. The Morgan fingerprint density at radius 2 is 1.49 bits per heavy atom. The van der Waals surface area contributed by atoms with Crippen LogP contribution in [0.15, 0.2) is 42.5 Å². The topological polar surface area (TPSA) is 55.6 Å². The molecule has 3 atom stereocenters. The number of alkyl halides is 6. The SMILES string of the molecule is NC(=O)C1CCN(C[C@@H]2CC[C@H](OCCc3cc(C(F)(F)F)cc(C(F)(F)F)c3)[C@H]2c2ccc(F)cc2)CC1. The number of carbonyl (C=O) groups is 1. The van der Waals surface area contributed by atoms with Crippen LogP contribution in [0.3, 0.4) is 0 Å². The fourth-order valence-corrected chi connectivity index (χ4v) is 5.83. The number of likely N-dealkylation sites (tertiary alicyclic amines) is 1. The van der Waals surface area contributed by atoms with Gasteiger partial charge in [-0.05, 0) is 92.6 Å². The van der Waals surface area contributed by atoms with Gasteiger partial charge >= 0.3 is 12.4 Å². The molecular weight excluding hydrogens is 529 g/mol. The lowest BCUT2D eigenvalue weighted by atomic mass is 9.86. The zero-order valence-electron chi connectivity index (χ0n) is 21.2. The second-order valence-electron chi connectivity index (χ2n) is 10.5. The molecule has 0 spiro atoms. The number of nitrogens with zero attached hydrogens (tertiary/aromatic N) is 1. The highest BCUT2D eigenvalue weighted by Crippen LogP contribution is 2.43. The van der Waals surface area contributed by atoms with E-state index < -0.39 is 23.5 Å². The van der Waals surface area contributed by atoms with Gasteiger partial charge in [0.05, 0.1) is 23.8 Å². The van der Waals surface area contributed by atoms with Crippen LogP contribution in [0.2, 0.25) is 0 Å².